The molecule has 118 valence electrons. The van der Waals surface area contributed by atoms with Gasteiger partial charge in [-0.05, 0) is 46.3 Å². The fourth-order valence-corrected chi connectivity index (χ4v) is 1.91. The zero-order valence-electron chi connectivity index (χ0n) is 13.3. The molecule has 1 N–H and O–H groups in total. The Labute approximate surface area is 126 Å². The predicted octanol–water partition coefficient (Wildman–Crippen LogP) is 3.14. The van der Waals surface area contributed by atoms with Gasteiger partial charge in [-0.25, -0.2) is 0 Å². The van der Waals surface area contributed by atoms with E-state index in [1.165, 1.54) is 6.07 Å². The molecule has 0 aromatic heterocycles. The van der Waals surface area contributed by atoms with Gasteiger partial charge in [0.15, 0.2) is 0 Å². The monoisotopic (exact) mass is 295 g/mol. The van der Waals surface area contributed by atoms with Gasteiger partial charge in [-0.2, -0.15) is 0 Å². The van der Waals surface area contributed by atoms with Crippen molar-refractivity contribution in [3.05, 3.63) is 28.3 Å². The molecule has 6 heteroatoms. The van der Waals surface area contributed by atoms with Crippen LogP contribution in [-0.4, -0.2) is 43.1 Å². The second kappa shape index (κ2) is 8.46. The largest absolute Gasteiger partial charge is 0.497 e. The number of hydrogen-bond acceptors (Lipinski definition) is 5. The average molecular weight is 295 g/mol. The van der Waals surface area contributed by atoms with Crippen molar-refractivity contribution in [3.63, 3.8) is 0 Å². The van der Waals surface area contributed by atoms with Crippen LogP contribution >= 0.6 is 0 Å². The number of methoxy groups -OCH3 is 1. The fraction of sp³-hybridized carbons (Fsp3) is 0.600. The second-order valence-electron chi connectivity index (χ2n) is 5.35. The molecule has 0 heterocycles. The predicted molar refractivity (Wildman–Crippen MR) is 85.1 cm³/mol. The minimum Gasteiger partial charge on any atom is -0.497 e. The first-order valence-corrected chi connectivity index (χ1v) is 7.22. The van der Waals surface area contributed by atoms with Crippen molar-refractivity contribution in [3.8, 4) is 5.75 Å². The van der Waals surface area contributed by atoms with E-state index in [2.05, 4.69) is 31.1 Å². The van der Waals surface area contributed by atoms with Crippen molar-refractivity contribution in [2.75, 3.05) is 32.6 Å². The minimum absolute atomic E-state index is 0.0788. The van der Waals surface area contributed by atoms with E-state index in [9.17, 15) is 10.1 Å². The summed E-state index contributed by atoms with van der Waals surface area (Å²) in [6, 6.07) is 5.27. The Hall–Kier alpha value is -1.82. The Balaban J connectivity index is 2.49. The molecule has 0 aliphatic carbocycles. The minimum atomic E-state index is -0.381. The number of nitro groups is 1. The number of hydrogen-bond donors (Lipinski definition) is 1. The number of ether oxygens (including phenoxy) is 1. The van der Waals surface area contributed by atoms with Crippen LogP contribution in [0.1, 0.15) is 26.7 Å². The van der Waals surface area contributed by atoms with E-state index >= 15 is 0 Å². The van der Waals surface area contributed by atoms with Crippen molar-refractivity contribution in [2.45, 2.75) is 32.7 Å². The zero-order valence-corrected chi connectivity index (χ0v) is 13.3. The van der Waals surface area contributed by atoms with Crippen molar-refractivity contribution >= 4 is 11.4 Å². The van der Waals surface area contributed by atoms with Gasteiger partial charge in [-0.1, -0.05) is 0 Å². The smallest absolute Gasteiger partial charge is 0.292 e. The standard InChI is InChI=1S/C15H25N3O3/c1-12(2)17(3)10-6-5-9-16-14-11-13(21-4)7-8-15(14)18(19)20/h7-8,11-12,16H,5-6,9-10H2,1-4H3. The molecule has 0 radical (unpaired) electrons. The van der Waals surface area contributed by atoms with Crippen molar-refractivity contribution in [1.29, 1.82) is 0 Å². The highest BCUT2D eigenvalue weighted by Crippen LogP contribution is 2.28. The molecular formula is C15H25N3O3. The molecule has 6 nitrogen and oxygen atoms in total. The molecule has 21 heavy (non-hydrogen) atoms. The third kappa shape index (κ3) is 5.59. The molecule has 1 rings (SSSR count). The summed E-state index contributed by atoms with van der Waals surface area (Å²) < 4.78 is 5.11. The van der Waals surface area contributed by atoms with Crippen LogP contribution in [0.4, 0.5) is 11.4 Å². The third-order valence-electron chi connectivity index (χ3n) is 3.54. The van der Waals surface area contributed by atoms with E-state index in [0.29, 0.717) is 24.0 Å². The summed E-state index contributed by atoms with van der Waals surface area (Å²) in [5.41, 5.74) is 0.590. The molecule has 0 bridgehead atoms. The summed E-state index contributed by atoms with van der Waals surface area (Å²) in [5.74, 6) is 0.614. The van der Waals surface area contributed by atoms with Gasteiger partial charge in [0, 0.05) is 24.7 Å². The molecule has 0 spiro atoms. The molecule has 0 aliphatic heterocycles. The first kappa shape index (κ1) is 17.2. The lowest BCUT2D eigenvalue weighted by Crippen LogP contribution is -2.27. The van der Waals surface area contributed by atoms with E-state index in [-0.39, 0.29) is 10.6 Å². The second-order valence-corrected chi connectivity index (χ2v) is 5.35. The maximum atomic E-state index is 11.0. The summed E-state index contributed by atoms with van der Waals surface area (Å²) in [6.07, 6.45) is 2.02. The molecule has 0 saturated heterocycles. The summed E-state index contributed by atoms with van der Waals surface area (Å²) in [7, 11) is 3.65. The van der Waals surface area contributed by atoms with Gasteiger partial charge in [-0.3, -0.25) is 10.1 Å². The number of nitrogens with one attached hydrogen (secondary N) is 1. The van der Waals surface area contributed by atoms with E-state index in [0.717, 1.165) is 19.4 Å². The molecule has 0 atom stereocenters. The normalized spacial score (nSPS) is 11.0. The van der Waals surface area contributed by atoms with Gasteiger partial charge in [0.1, 0.15) is 11.4 Å². The Morgan fingerprint density at radius 1 is 1.38 bits per heavy atom. The molecule has 1 aromatic rings. The number of benzene rings is 1. The van der Waals surface area contributed by atoms with Gasteiger partial charge in [0.25, 0.3) is 5.69 Å². The fourth-order valence-electron chi connectivity index (χ4n) is 1.91. The van der Waals surface area contributed by atoms with Crippen LogP contribution in [0.5, 0.6) is 5.75 Å². The number of nitrogens with zero attached hydrogens (tertiary/aromatic N) is 2. The zero-order chi connectivity index (χ0) is 15.8. The van der Waals surface area contributed by atoms with Crippen LogP contribution in [0.3, 0.4) is 0 Å². The highest BCUT2D eigenvalue weighted by Gasteiger charge is 2.14. The Morgan fingerprint density at radius 3 is 2.67 bits per heavy atom. The molecule has 0 aliphatic rings. The van der Waals surface area contributed by atoms with Crippen molar-refractivity contribution in [1.82, 2.24) is 4.90 Å². The van der Waals surface area contributed by atoms with E-state index in [1.54, 1.807) is 19.2 Å². The van der Waals surface area contributed by atoms with E-state index in [1.807, 2.05) is 0 Å². The average Bonchev–Trinajstić information content (AvgIpc) is 2.45. The Morgan fingerprint density at radius 2 is 2.10 bits per heavy atom. The van der Waals surface area contributed by atoms with Gasteiger partial charge in [-0.15, -0.1) is 0 Å². The van der Waals surface area contributed by atoms with Gasteiger partial charge in [0.05, 0.1) is 12.0 Å². The number of nitro benzene ring substituents is 1. The summed E-state index contributed by atoms with van der Waals surface area (Å²) in [6.45, 7) is 6.06. The number of anilines is 1. The molecular weight excluding hydrogens is 270 g/mol. The van der Waals surface area contributed by atoms with Gasteiger partial charge >= 0.3 is 0 Å². The summed E-state index contributed by atoms with van der Waals surface area (Å²) in [5, 5.41) is 14.1. The van der Waals surface area contributed by atoms with Gasteiger partial charge < -0.3 is 15.0 Å². The molecule has 1 aromatic carbocycles. The lowest BCUT2D eigenvalue weighted by atomic mass is 10.2. The highest BCUT2D eigenvalue weighted by molar-refractivity contribution is 5.64. The Kier molecular flexibility index (Phi) is 6.94. The van der Waals surface area contributed by atoms with Crippen LogP contribution in [0.2, 0.25) is 0 Å². The SMILES string of the molecule is COc1ccc([N+](=O)[O-])c(NCCCCN(C)C(C)C)c1. The Bertz CT molecular complexity index is 463. The summed E-state index contributed by atoms with van der Waals surface area (Å²) >= 11 is 0. The quantitative estimate of drug-likeness (QED) is 0.430. The number of unbranched alkanes of at least 4 members (excludes halogenated alkanes) is 1. The van der Waals surface area contributed by atoms with Crippen molar-refractivity contribution < 1.29 is 9.66 Å². The molecule has 0 saturated carbocycles. The number of rotatable bonds is 9. The highest BCUT2D eigenvalue weighted by atomic mass is 16.6. The van der Waals surface area contributed by atoms with Crippen LogP contribution in [0.25, 0.3) is 0 Å². The van der Waals surface area contributed by atoms with Crippen LogP contribution in [0.15, 0.2) is 18.2 Å². The maximum Gasteiger partial charge on any atom is 0.292 e. The first-order chi connectivity index (χ1) is 9.95. The van der Waals surface area contributed by atoms with Crippen LogP contribution in [-0.2, 0) is 0 Å². The van der Waals surface area contributed by atoms with Crippen LogP contribution < -0.4 is 10.1 Å². The summed E-state index contributed by atoms with van der Waals surface area (Å²) in [4.78, 5) is 12.9. The topological polar surface area (TPSA) is 67.6 Å². The third-order valence-corrected chi connectivity index (χ3v) is 3.54. The molecule has 0 unspecified atom stereocenters. The van der Waals surface area contributed by atoms with E-state index in [4.69, 9.17) is 4.74 Å². The molecule has 0 amide bonds. The molecule has 0 fully saturated rings. The van der Waals surface area contributed by atoms with Crippen LogP contribution in [0, 0.1) is 10.1 Å². The van der Waals surface area contributed by atoms with E-state index < -0.39 is 0 Å². The maximum absolute atomic E-state index is 11.0. The lowest BCUT2D eigenvalue weighted by Gasteiger charge is -2.20. The van der Waals surface area contributed by atoms with Crippen molar-refractivity contribution in [2.24, 2.45) is 0 Å². The first-order valence-electron chi connectivity index (χ1n) is 7.22. The van der Waals surface area contributed by atoms with Gasteiger partial charge in [0.2, 0.25) is 0 Å². The lowest BCUT2D eigenvalue weighted by molar-refractivity contribution is -0.384.